The minimum absolute atomic E-state index is 0.0134. The van der Waals surface area contributed by atoms with Crippen molar-refractivity contribution in [3.05, 3.63) is 35.1 Å². The van der Waals surface area contributed by atoms with E-state index < -0.39 is 0 Å². The van der Waals surface area contributed by atoms with E-state index in [1.165, 1.54) is 12.1 Å². The van der Waals surface area contributed by atoms with Gasteiger partial charge in [-0.2, -0.15) is 11.8 Å². The Morgan fingerprint density at radius 1 is 1.44 bits per heavy atom. The Morgan fingerprint density at radius 2 is 2.19 bits per heavy atom. The second kappa shape index (κ2) is 6.53. The largest absolute Gasteiger partial charge is 0.352 e. The molecule has 0 aliphatic rings. The Bertz CT molecular complexity index is 368. The van der Waals surface area contributed by atoms with Crippen LogP contribution in [0.25, 0.3) is 0 Å². The molecular formula is C12H16FNOS. The Balaban J connectivity index is 2.73. The van der Waals surface area contributed by atoms with Crippen LogP contribution in [0.5, 0.6) is 0 Å². The molecule has 0 heterocycles. The molecule has 1 N–H and O–H groups in total. The molecule has 0 aliphatic carbocycles. The number of rotatable bonds is 5. The van der Waals surface area contributed by atoms with Gasteiger partial charge in [-0.15, -0.1) is 0 Å². The number of halogens is 1. The topological polar surface area (TPSA) is 29.1 Å². The van der Waals surface area contributed by atoms with Crippen molar-refractivity contribution in [3.63, 3.8) is 0 Å². The first kappa shape index (κ1) is 13.0. The van der Waals surface area contributed by atoms with Crippen molar-refractivity contribution in [3.8, 4) is 0 Å². The van der Waals surface area contributed by atoms with E-state index in [0.717, 1.165) is 16.9 Å². The van der Waals surface area contributed by atoms with Crippen molar-refractivity contribution in [2.45, 2.75) is 25.6 Å². The molecule has 16 heavy (non-hydrogen) atoms. The SMILES string of the molecule is CCC(=O)NCc1ccc(F)cc1CSC. The lowest BCUT2D eigenvalue weighted by Gasteiger charge is -2.09. The van der Waals surface area contributed by atoms with Gasteiger partial charge < -0.3 is 5.32 Å². The maximum Gasteiger partial charge on any atom is 0.219 e. The van der Waals surface area contributed by atoms with Gasteiger partial charge in [-0.1, -0.05) is 13.0 Å². The van der Waals surface area contributed by atoms with Crippen LogP contribution >= 0.6 is 11.8 Å². The Morgan fingerprint density at radius 3 is 2.81 bits per heavy atom. The fourth-order valence-electron chi connectivity index (χ4n) is 1.38. The van der Waals surface area contributed by atoms with Gasteiger partial charge in [0.2, 0.25) is 5.91 Å². The number of amides is 1. The quantitative estimate of drug-likeness (QED) is 0.858. The molecule has 1 aromatic carbocycles. The molecule has 0 fully saturated rings. The number of carbonyl (C=O) groups excluding carboxylic acids is 1. The fourth-order valence-corrected chi connectivity index (χ4v) is 1.96. The second-order valence-corrected chi connectivity index (χ2v) is 4.34. The van der Waals surface area contributed by atoms with Gasteiger partial charge in [-0.05, 0) is 29.5 Å². The highest BCUT2D eigenvalue weighted by molar-refractivity contribution is 7.97. The van der Waals surface area contributed by atoms with Crippen LogP contribution in [0.3, 0.4) is 0 Å². The van der Waals surface area contributed by atoms with Crippen LogP contribution in [-0.4, -0.2) is 12.2 Å². The molecular weight excluding hydrogens is 225 g/mol. The van der Waals surface area contributed by atoms with Crippen molar-refractivity contribution in [1.29, 1.82) is 0 Å². The van der Waals surface area contributed by atoms with E-state index in [1.54, 1.807) is 17.8 Å². The van der Waals surface area contributed by atoms with Crippen LogP contribution in [0.2, 0.25) is 0 Å². The maximum atomic E-state index is 13.0. The first-order valence-electron chi connectivity index (χ1n) is 5.20. The van der Waals surface area contributed by atoms with Crippen LogP contribution in [0, 0.1) is 5.82 Å². The molecule has 0 radical (unpaired) electrons. The summed E-state index contributed by atoms with van der Waals surface area (Å²) in [4.78, 5) is 11.1. The highest BCUT2D eigenvalue weighted by Gasteiger charge is 2.05. The second-order valence-electron chi connectivity index (χ2n) is 3.48. The third kappa shape index (κ3) is 3.85. The van der Waals surface area contributed by atoms with Gasteiger partial charge in [-0.3, -0.25) is 4.79 Å². The summed E-state index contributed by atoms with van der Waals surface area (Å²) in [6.07, 6.45) is 2.44. The van der Waals surface area contributed by atoms with Crippen LogP contribution in [0.1, 0.15) is 24.5 Å². The van der Waals surface area contributed by atoms with Crippen LogP contribution < -0.4 is 5.32 Å². The smallest absolute Gasteiger partial charge is 0.219 e. The van der Waals surface area contributed by atoms with E-state index in [1.807, 2.05) is 13.2 Å². The number of nitrogens with one attached hydrogen (secondary N) is 1. The minimum Gasteiger partial charge on any atom is -0.352 e. The predicted molar refractivity (Wildman–Crippen MR) is 65.8 cm³/mol. The Labute approximate surface area is 99.6 Å². The number of thioether (sulfide) groups is 1. The van der Waals surface area contributed by atoms with E-state index in [-0.39, 0.29) is 11.7 Å². The van der Waals surface area contributed by atoms with Gasteiger partial charge in [0, 0.05) is 18.7 Å². The molecule has 0 atom stereocenters. The van der Waals surface area contributed by atoms with Crippen molar-refractivity contribution in [2.75, 3.05) is 6.26 Å². The average molecular weight is 241 g/mol. The monoisotopic (exact) mass is 241 g/mol. The number of benzene rings is 1. The van der Waals surface area contributed by atoms with Gasteiger partial charge in [0.25, 0.3) is 0 Å². The summed E-state index contributed by atoms with van der Waals surface area (Å²) in [7, 11) is 0. The van der Waals surface area contributed by atoms with Gasteiger partial charge >= 0.3 is 0 Å². The van der Waals surface area contributed by atoms with Crippen molar-refractivity contribution >= 4 is 17.7 Å². The zero-order valence-electron chi connectivity index (χ0n) is 9.55. The molecule has 1 rings (SSSR count). The molecule has 4 heteroatoms. The van der Waals surface area contributed by atoms with E-state index in [9.17, 15) is 9.18 Å². The maximum absolute atomic E-state index is 13.0. The molecule has 0 saturated carbocycles. The van der Waals surface area contributed by atoms with Gasteiger partial charge in [0.15, 0.2) is 0 Å². The normalized spacial score (nSPS) is 10.2. The summed E-state index contributed by atoms with van der Waals surface area (Å²) in [5.41, 5.74) is 1.93. The molecule has 1 amide bonds. The first-order chi connectivity index (χ1) is 7.67. The predicted octanol–water partition coefficient (Wildman–Crippen LogP) is 2.71. The van der Waals surface area contributed by atoms with Gasteiger partial charge in [-0.25, -0.2) is 4.39 Å². The summed E-state index contributed by atoms with van der Waals surface area (Å²) in [5, 5.41) is 2.80. The summed E-state index contributed by atoms with van der Waals surface area (Å²) in [6.45, 7) is 2.28. The standard InChI is InChI=1S/C12H16FNOS/c1-3-12(15)14-7-9-4-5-11(13)6-10(9)8-16-2/h4-6H,3,7-8H2,1-2H3,(H,14,15). The third-order valence-corrected chi connectivity index (χ3v) is 2.86. The van der Waals surface area contributed by atoms with Gasteiger partial charge in [0.1, 0.15) is 5.82 Å². The van der Waals surface area contributed by atoms with Crippen molar-refractivity contribution in [1.82, 2.24) is 5.32 Å². The summed E-state index contributed by atoms with van der Waals surface area (Å²) >= 11 is 1.64. The van der Waals surface area contributed by atoms with E-state index in [4.69, 9.17) is 0 Å². The van der Waals surface area contributed by atoms with E-state index in [2.05, 4.69) is 5.32 Å². The van der Waals surface area contributed by atoms with E-state index in [0.29, 0.717) is 13.0 Å². The molecule has 0 aliphatic heterocycles. The third-order valence-electron chi connectivity index (χ3n) is 2.27. The van der Waals surface area contributed by atoms with Crippen LogP contribution in [0.4, 0.5) is 4.39 Å². The van der Waals surface area contributed by atoms with Gasteiger partial charge in [0.05, 0.1) is 0 Å². The molecule has 0 unspecified atom stereocenters. The highest BCUT2D eigenvalue weighted by Crippen LogP contribution is 2.16. The lowest BCUT2D eigenvalue weighted by molar-refractivity contribution is -0.120. The van der Waals surface area contributed by atoms with Crippen molar-refractivity contribution < 1.29 is 9.18 Å². The molecule has 0 bridgehead atoms. The molecule has 1 aromatic rings. The Kier molecular flexibility index (Phi) is 5.32. The van der Waals surface area contributed by atoms with E-state index >= 15 is 0 Å². The van der Waals surface area contributed by atoms with Crippen LogP contribution in [0.15, 0.2) is 18.2 Å². The lowest BCUT2D eigenvalue weighted by atomic mass is 10.1. The molecule has 0 saturated heterocycles. The van der Waals surface area contributed by atoms with Crippen LogP contribution in [-0.2, 0) is 17.1 Å². The molecule has 0 aromatic heterocycles. The highest BCUT2D eigenvalue weighted by atomic mass is 32.2. The van der Waals surface area contributed by atoms with Crippen molar-refractivity contribution in [2.24, 2.45) is 0 Å². The zero-order valence-corrected chi connectivity index (χ0v) is 10.4. The number of hydrogen-bond acceptors (Lipinski definition) is 2. The fraction of sp³-hybridized carbons (Fsp3) is 0.417. The summed E-state index contributed by atoms with van der Waals surface area (Å²) < 4.78 is 13.0. The number of hydrogen-bond donors (Lipinski definition) is 1. The summed E-state index contributed by atoms with van der Waals surface area (Å²) in [6, 6.07) is 4.69. The zero-order chi connectivity index (χ0) is 12.0. The molecule has 0 spiro atoms. The summed E-state index contributed by atoms with van der Waals surface area (Å²) in [5.74, 6) is 0.545. The Hall–Kier alpha value is -1.03. The average Bonchev–Trinajstić information content (AvgIpc) is 2.28. The minimum atomic E-state index is -0.227. The molecule has 2 nitrogen and oxygen atoms in total. The number of carbonyl (C=O) groups is 1. The first-order valence-corrected chi connectivity index (χ1v) is 6.59. The lowest BCUT2D eigenvalue weighted by Crippen LogP contribution is -2.22. The molecule has 88 valence electrons.